The smallest absolute Gasteiger partial charge is 0.246 e. The molecule has 1 heterocycles. The predicted molar refractivity (Wildman–Crippen MR) is 77.3 cm³/mol. The van der Waals surface area contributed by atoms with Gasteiger partial charge in [-0.15, -0.1) is 11.8 Å². The Morgan fingerprint density at radius 3 is 2.40 bits per heavy atom. The summed E-state index contributed by atoms with van der Waals surface area (Å²) in [5, 5.41) is 2.83. The Morgan fingerprint density at radius 1 is 1.20 bits per heavy atom. The molecule has 0 aromatic heterocycles. The molecule has 2 rings (SSSR count). The monoisotopic (exact) mass is 312 g/mol. The number of amides is 3. The molecule has 0 radical (unpaired) electrons. The molecule has 20 heavy (non-hydrogen) atoms. The fraction of sp³-hybridized carbons (Fsp3) is 0.308. The van der Waals surface area contributed by atoms with Crippen molar-refractivity contribution < 1.29 is 14.4 Å². The minimum absolute atomic E-state index is 0.0495. The van der Waals surface area contributed by atoms with Crippen LogP contribution in [0.3, 0.4) is 0 Å². The summed E-state index contributed by atoms with van der Waals surface area (Å²) < 4.78 is 0. The van der Waals surface area contributed by atoms with E-state index in [1.54, 1.807) is 12.1 Å². The number of hydrogen-bond donors (Lipinski definition) is 1. The largest absolute Gasteiger partial charge is 0.323 e. The van der Waals surface area contributed by atoms with Crippen molar-refractivity contribution in [3.05, 3.63) is 34.9 Å². The van der Waals surface area contributed by atoms with Crippen molar-refractivity contribution in [2.24, 2.45) is 0 Å². The minimum Gasteiger partial charge on any atom is -0.323 e. The lowest BCUT2D eigenvalue weighted by Crippen LogP contribution is -2.53. The van der Waals surface area contributed by atoms with Gasteiger partial charge in [0.15, 0.2) is 0 Å². The summed E-state index contributed by atoms with van der Waals surface area (Å²) in [5.74, 6) is -0.151. The molecule has 1 N–H and O–H groups in total. The van der Waals surface area contributed by atoms with Crippen LogP contribution in [0, 0.1) is 0 Å². The molecule has 0 aliphatic carbocycles. The van der Waals surface area contributed by atoms with Crippen LogP contribution in [0.1, 0.15) is 5.56 Å². The van der Waals surface area contributed by atoms with Crippen LogP contribution in [0.15, 0.2) is 24.3 Å². The standard InChI is InChI=1S/C13H13ClN2O3S/c14-10-3-1-9(2-4-10)7-20-8-13(19)16-5-11(17)15-12(18)6-16/h1-4H,5-8H2,(H,15,17,18). The number of nitrogens with one attached hydrogen (secondary N) is 1. The van der Waals surface area contributed by atoms with Crippen LogP contribution in [-0.4, -0.2) is 41.5 Å². The van der Waals surface area contributed by atoms with Crippen molar-refractivity contribution in [1.29, 1.82) is 0 Å². The molecule has 0 bridgehead atoms. The number of carbonyl (C=O) groups is 3. The Bertz CT molecular complexity index is 517. The van der Waals surface area contributed by atoms with E-state index in [0.29, 0.717) is 10.8 Å². The SMILES string of the molecule is O=C1CN(C(=O)CSCc2ccc(Cl)cc2)CC(=O)N1. The summed E-state index contributed by atoms with van der Waals surface area (Å²) >= 11 is 7.23. The zero-order chi connectivity index (χ0) is 14.5. The van der Waals surface area contributed by atoms with Gasteiger partial charge < -0.3 is 4.90 Å². The second kappa shape index (κ2) is 6.76. The van der Waals surface area contributed by atoms with Crippen molar-refractivity contribution in [3.8, 4) is 0 Å². The molecule has 106 valence electrons. The average molecular weight is 313 g/mol. The highest BCUT2D eigenvalue weighted by molar-refractivity contribution is 7.99. The Hall–Kier alpha value is -1.53. The number of benzene rings is 1. The zero-order valence-corrected chi connectivity index (χ0v) is 12.2. The van der Waals surface area contributed by atoms with Crippen molar-refractivity contribution in [3.63, 3.8) is 0 Å². The third-order valence-corrected chi connectivity index (χ3v) is 3.95. The van der Waals surface area contributed by atoms with Gasteiger partial charge in [0, 0.05) is 10.8 Å². The number of halogens is 1. The quantitative estimate of drug-likeness (QED) is 0.844. The molecular weight excluding hydrogens is 300 g/mol. The van der Waals surface area contributed by atoms with E-state index in [4.69, 9.17) is 11.6 Å². The summed E-state index contributed by atoms with van der Waals surface area (Å²) in [6.07, 6.45) is 0. The molecule has 1 aromatic carbocycles. The van der Waals surface area contributed by atoms with Gasteiger partial charge in [0.1, 0.15) is 13.1 Å². The van der Waals surface area contributed by atoms with Crippen LogP contribution in [0.25, 0.3) is 0 Å². The van der Waals surface area contributed by atoms with Crippen LogP contribution in [0.5, 0.6) is 0 Å². The summed E-state index contributed by atoms with van der Waals surface area (Å²) in [7, 11) is 0. The molecule has 1 saturated heterocycles. The number of piperazine rings is 1. The Kier molecular flexibility index (Phi) is 5.03. The molecule has 5 nitrogen and oxygen atoms in total. The lowest BCUT2D eigenvalue weighted by atomic mass is 10.2. The molecule has 3 amide bonds. The fourth-order valence-electron chi connectivity index (χ4n) is 1.74. The maximum atomic E-state index is 11.9. The first-order valence-corrected chi connectivity index (χ1v) is 7.50. The first-order chi connectivity index (χ1) is 9.54. The van der Waals surface area contributed by atoms with Crippen molar-refractivity contribution >= 4 is 41.1 Å². The van der Waals surface area contributed by atoms with Crippen LogP contribution in [0.2, 0.25) is 5.02 Å². The number of imide groups is 1. The van der Waals surface area contributed by atoms with Crippen LogP contribution >= 0.6 is 23.4 Å². The minimum atomic E-state index is -0.433. The highest BCUT2D eigenvalue weighted by Crippen LogP contribution is 2.16. The molecule has 0 unspecified atom stereocenters. The average Bonchev–Trinajstić information content (AvgIpc) is 2.40. The molecule has 1 aliphatic rings. The van der Waals surface area contributed by atoms with E-state index < -0.39 is 11.8 Å². The Balaban J connectivity index is 1.78. The van der Waals surface area contributed by atoms with Gasteiger partial charge in [-0.3, -0.25) is 19.7 Å². The Labute approximate surface area is 125 Å². The number of nitrogens with zero attached hydrogens (tertiary/aromatic N) is 1. The van der Waals surface area contributed by atoms with E-state index in [2.05, 4.69) is 5.32 Å². The highest BCUT2D eigenvalue weighted by Gasteiger charge is 2.25. The van der Waals surface area contributed by atoms with Gasteiger partial charge in [-0.1, -0.05) is 23.7 Å². The topological polar surface area (TPSA) is 66.5 Å². The first-order valence-electron chi connectivity index (χ1n) is 5.97. The second-order valence-corrected chi connectivity index (χ2v) is 5.76. The summed E-state index contributed by atoms with van der Waals surface area (Å²) in [6, 6.07) is 7.40. The van der Waals surface area contributed by atoms with Crippen molar-refractivity contribution in [1.82, 2.24) is 10.2 Å². The number of hydrogen-bond acceptors (Lipinski definition) is 4. The highest BCUT2D eigenvalue weighted by atomic mass is 35.5. The van der Waals surface area contributed by atoms with Gasteiger partial charge in [-0.25, -0.2) is 0 Å². The first kappa shape index (κ1) is 14.9. The summed E-state index contributed by atoms with van der Waals surface area (Å²) in [6.45, 7) is -0.0991. The molecule has 7 heteroatoms. The van der Waals surface area contributed by atoms with Gasteiger partial charge in [-0.05, 0) is 17.7 Å². The summed E-state index contributed by atoms with van der Waals surface area (Å²) in [4.78, 5) is 35.5. The normalized spacial score (nSPS) is 15.2. The zero-order valence-electron chi connectivity index (χ0n) is 10.6. The maximum Gasteiger partial charge on any atom is 0.246 e. The number of carbonyl (C=O) groups excluding carboxylic acids is 3. The van der Waals surface area contributed by atoms with Crippen LogP contribution in [-0.2, 0) is 20.1 Å². The molecule has 0 saturated carbocycles. The number of thioether (sulfide) groups is 1. The van der Waals surface area contributed by atoms with E-state index in [1.165, 1.54) is 16.7 Å². The molecule has 1 aromatic rings. The van der Waals surface area contributed by atoms with E-state index in [-0.39, 0.29) is 24.7 Å². The predicted octanol–water partition coefficient (Wildman–Crippen LogP) is 1.06. The van der Waals surface area contributed by atoms with E-state index in [9.17, 15) is 14.4 Å². The lowest BCUT2D eigenvalue weighted by molar-refractivity contribution is -0.144. The van der Waals surface area contributed by atoms with Gasteiger partial charge in [0.05, 0.1) is 5.75 Å². The van der Waals surface area contributed by atoms with Crippen molar-refractivity contribution in [2.75, 3.05) is 18.8 Å². The molecule has 1 aliphatic heterocycles. The molecule has 1 fully saturated rings. The summed E-state index contributed by atoms with van der Waals surface area (Å²) in [5.41, 5.74) is 1.07. The number of rotatable bonds is 4. The molecule has 0 spiro atoms. The molecule has 0 atom stereocenters. The van der Waals surface area contributed by atoms with Crippen LogP contribution in [0.4, 0.5) is 0 Å². The fourth-order valence-corrected chi connectivity index (χ4v) is 2.76. The lowest BCUT2D eigenvalue weighted by Gasteiger charge is -2.25. The maximum absolute atomic E-state index is 11.9. The van der Waals surface area contributed by atoms with Gasteiger partial charge in [0.2, 0.25) is 17.7 Å². The van der Waals surface area contributed by atoms with E-state index >= 15 is 0 Å². The van der Waals surface area contributed by atoms with Crippen LogP contribution < -0.4 is 5.32 Å². The van der Waals surface area contributed by atoms with Gasteiger partial charge in [0.25, 0.3) is 0 Å². The third kappa shape index (κ3) is 4.25. The molecular formula is C13H13ClN2O3S. The van der Waals surface area contributed by atoms with Gasteiger partial charge in [-0.2, -0.15) is 0 Å². The third-order valence-electron chi connectivity index (χ3n) is 2.71. The van der Waals surface area contributed by atoms with Gasteiger partial charge >= 0.3 is 0 Å². The second-order valence-electron chi connectivity index (χ2n) is 4.34. The van der Waals surface area contributed by atoms with E-state index in [0.717, 1.165) is 5.56 Å². The van der Waals surface area contributed by atoms with E-state index in [1.807, 2.05) is 12.1 Å². The van der Waals surface area contributed by atoms with Crippen molar-refractivity contribution in [2.45, 2.75) is 5.75 Å². The Morgan fingerprint density at radius 2 is 1.80 bits per heavy atom.